The van der Waals surface area contributed by atoms with Gasteiger partial charge in [-0.1, -0.05) is 28.9 Å². The number of benzene rings is 3. The number of nitrogens with two attached hydrogens (primary N) is 1. The number of aryl methyl sites for hydroxylation is 1. The Hall–Kier alpha value is -3.65. The lowest BCUT2D eigenvalue weighted by Gasteiger charge is -2.24. The van der Waals surface area contributed by atoms with E-state index < -0.39 is 43.2 Å². The van der Waals surface area contributed by atoms with Gasteiger partial charge in [-0.2, -0.15) is 4.98 Å². The van der Waals surface area contributed by atoms with E-state index in [1.165, 1.54) is 29.2 Å². The summed E-state index contributed by atoms with van der Waals surface area (Å²) in [5.41, 5.74) is 7.25. The van der Waals surface area contributed by atoms with Gasteiger partial charge in [-0.05, 0) is 60.5 Å². The number of hydrogen-bond donors (Lipinski definition) is 1. The van der Waals surface area contributed by atoms with Crippen LogP contribution in [0, 0.1) is 12.7 Å². The zero-order valence-corrected chi connectivity index (χ0v) is 23.5. The van der Waals surface area contributed by atoms with Crippen LogP contribution in [0.3, 0.4) is 0 Å². The highest BCUT2D eigenvalue weighted by molar-refractivity contribution is 7.91. The van der Waals surface area contributed by atoms with Crippen LogP contribution in [0.25, 0.3) is 22.8 Å². The minimum absolute atomic E-state index is 0.00867. The van der Waals surface area contributed by atoms with Crippen molar-refractivity contribution in [2.45, 2.75) is 29.3 Å². The summed E-state index contributed by atoms with van der Waals surface area (Å²) in [6.07, 6.45) is 1.08. The fraction of sp³-hybridized carbons (Fsp3) is 0.192. The smallest absolute Gasteiger partial charge is 0.258 e. The summed E-state index contributed by atoms with van der Waals surface area (Å²) in [4.78, 5) is 18.4. The molecule has 3 aromatic carbocycles. The van der Waals surface area contributed by atoms with E-state index in [1.54, 1.807) is 31.2 Å². The summed E-state index contributed by atoms with van der Waals surface area (Å²) in [6.45, 7) is 1.60. The molecule has 1 atom stereocenters. The van der Waals surface area contributed by atoms with Crippen molar-refractivity contribution in [1.82, 2.24) is 10.1 Å². The molecule has 40 heavy (non-hydrogen) atoms. The van der Waals surface area contributed by atoms with Crippen molar-refractivity contribution in [1.29, 1.82) is 0 Å². The van der Waals surface area contributed by atoms with Gasteiger partial charge < -0.3 is 15.2 Å². The first-order chi connectivity index (χ1) is 18.7. The molecule has 2 N–H and O–H groups in total. The highest BCUT2D eigenvalue weighted by Gasteiger charge is 2.37. The van der Waals surface area contributed by atoms with Gasteiger partial charge in [0.1, 0.15) is 5.82 Å². The Bertz CT molecular complexity index is 1880. The number of aromatic nitrogens is 2. The minimum Gasteiger partial charge on any atom is -0.334 e. The second-order valence-electron chi connectivity index (χ2n) is 9.41. The molecule has 0 aliphatic carbocycles. The van der Waals surface area contributed by atoms with Crippen molar-refractivity contribution < 1.29 is 30.5 Å². The van der Waals surface area contributed by atoms with Gasteiger partial charge in [0.05, 0.1) is 39.4 Å². The zero-order valence-electron chi connectivity index (χ0n) is 21.1. The first-order valence-electron chi connectivity index (χ1n) is 11.8. The van der Waals surface area contributed by atoms with E-state index >= 15 is 4.39 Å². The van der Waals surface area contributed by atoms with Crippen LogP contribution in [0.4, 0.5) is 10.1 Å². The average molecular weight is 605 g/mol. The Morgan fingerprint density at radius 3 is 2.48 bits per heavy atom. The van der Waals surface area contributed by atoms with Crippen LogP contribution < -0.4 is 10.6 Å². The van der Waals surface area contributed by atoms with Crippen LogP contribution >= 0.6 is 11.6 Å². The number of sulfone groups is 2. The Morgan fingerprint density at radius 1 is 1.12 bits per heavy atom. The topological polar surface area (TPSA) is 154 Å². The van der Waals surface area contributed by atoms with Crippen molar-refractivity contribution in [3.05, 3.63) is 76.6 Å². The summed E-state index contributed by atoms with van der Waals surface area (Å²) in [7, 11) is -7.58. The van der Waals surface area contributed by atoms with Crippen LogP contribution in [0.5, 0.6) is 0 Å². The van der Waals surface area contributed by atoms with Gasteiger partial charge >= 0.3 is 0 Å². The molecule has 0 radical (unpaired) electrons. The molecule has 0 spiro atoms. The third-order valence-electron chi connectivity index (χ3n) is 6.43. The minimum atomic E-state index is -4.14. The standard InChI is InChI=1S/C26H22ClFN4O6S2/c1-14-9-17(39(2,34)35)7-8-18(14)25-30-24(31-38-25)19-10-22-23(11-20(19)28)40(36,37)13-21(29)26(33)32(22)12-15-3-5-16(27)6-4-15/h3-11,21H,12-13,29H2,1-2H3/t21-/m0/s1. The molecular weight excluding hydrogens is 583 g/mol. The molecular formula is C26H22ClFN4O6S2. The molecule has 1 aliphatic heterocycles. The maximum atomic E-state index is 15.4. The van der Waals surface area contributed by atoms with E-state index in [1.807, 2.05) is 0 Å². The summed E-state index contributed by atoms with van der Waals surface area (Å²) in [6, 6.07) is 11.6. The first kappa shape index (κ1) is 27.9. The van der Waals surface area contributed by atoms with Crippen molar-refractivity contribution in [3.63, 3.8) is 0 Å². The Labute approximate surface area is 234 Å². The molecule has 0 saturated heterocycles. The highest BCUT2D eigenvalue weighted by Crippen LogP contribution is 2.37. The number of anilines is 1. The van der Waals surface area contributed by atoms with Gasteiger partial charge in [-0.15, -0.1) is 0 Å². The molecule has 4 aromatic rings. The number of amides is 1. The second-order valence-corrected chi connectivity index (χ2v) is 13.9. The molecule has 1 amide bonds. The quantitative estimate of drug-likeness (QED) is 0.360. The van der Waals surface area contributed by atoms with E-state index in [0.717, 1.165) is 12.3 Å². The summed E-state index contributed by atoms with van der Waals surface area (Å²) >= 11 is 5.97. The second kappa shape index (κ2) is 10.1. The summed E-state index contributed by atoms with van der Waals surface area (Å²) in [5.74, 6) is -2.51. The van der Waals surface area contributed by atoms with E-state index in [-0.39, 0.29) is 39.3 Å². The van der Waals surface area contributed by atoms with Gasteiger partial charge in [0, 0.05) is 16.8 Å². The van der Waals surface area contributed by atoms with Crippen molar-refractivity contribution in [2.75, 3.05) is 16.9 Å². The largest absolute Gasteiger partial charge is 0.334 e. The summed E-state index contributed by atoms with van der Waals surface area (Å²) in [5, 5.41) is 4.34. The molecule has 0 unspecified atom stereocenters. The zero-order chi connectivity index (χ0) is 29.0. The lowest BCUT2D eigenvalue weighted by atomic mass is 10.1. The monoisotopic (exact) mass is 604 g/mol. The predicted octanol–water partition coefficient (Wildman–Crippen LogP) is 3.56. The number of halogens is 2. The Kier molecular flexibility index (Phi) is 7.03. The third kappa shape index (κ3) is 5.24. The number of rotatable bonds is 5. The molecule has 0 fully saturated rings. The maximum absolute atomic E-state index is 15.4. The van der Waals surface area contributed by atoms with E-state index in [4.69, 9.17) is 21.9 Å². The number of carbonyl (C=O) groups excluding carboxylic acids is 1. The fourth-order valence-electron chi connectivity index (χ4n) is 4.38. The molecule has 0 saturated carbocycles. The normalized spacial score (nSPS) is 17.0. The van der Waals surface area contributed by atoms with Crippen LogP contribution in [-0.4, -0.2) is 50.9 Å². The molecule has 14 heteroatoms. The molecule has 5 rings (SSSR count). The van der Waals surface area contributed by atoms with Gasteiger partial charge in [0.2, 0.25) is 11.7 Å². The summed E-state index contributed by atoms with van der Waals surface area (Å²) < 4.78 is 70.6. The van der Waals surface area contributed by atoms with E-state index in [0.29, 0.717) is 21.7 Å². The van der Waals surface area contributed by atoms with Crippen molar-refractivity contribution in [3.8, 4) is 22.8 Å². The SMILES string of the molecule is Cc1cc(S(C)(=O)=O)ccc1-c1nc(-c2cc3c(cc2F)S(=O)(=O)C[C@H](N)C(=O)N3Cc2ccc(Cl)cc2)no1. The predicted molar refractivity (Wildman–Crippen MR) is 146 cm³/mol. The fourth-order valence-corrected chi connectivity index (χ4v) is 6.77. The lowest BCUT2D eigenvalue weighted by molar-refractivity contribution is -0.119. The number of hydrogen-bond acceptors (Lipinski definition) is 9. The lowest BCUT2D eigenvalue weighted by Crippen LogP contribution is -2.45. The Balaban J connectivity index is 1.61. The molecule has 2 heterocycles. The average Bonchev–Trinajstić information content (AvgIpc) is 3.34. The van der Waals surface area contributed by atoms with Gasteiger partial charge in [-0.3, -0.25) is 4.79 Å². The van der Waals surface area contributed by atoms with Crippen LogP contribution in [-0.2, 0) is 31.0 Å². The van der Waals surface area contributed by atoms with Crippen molar-refractivity contribution >= 4 is 42.9 Å². The van der Waals surface area contributed by atoms with Gasteiger partial charge in [-0.25, -0.2) is 21.2 Å². The van der Waals surface area contributed by atoms with Crippen LogP contribution in [0.2, 0.25) is 5.02 Å². The molecule has 208 valence electrons. The highest BCUT2D eigenvalue weighted by atomic mass is 35.5. The molecule has 1 aromatic heterocycles. The molecule has 1 aliphatic rings. The molecule has 0 bridgehead atoms. The molecule has 10 nitrogen and oxygen atoms in total. The first-order valence-corrected chi connectivity index (χ1v) is 15.7. The van der Waals surface area contributed by atoms with Crippen LogP contribution in [0.1, 0.15) is 11.1 Å². The van der Waals surface area contributed by atoms with Gasteiger partial charge in [0.15, 0.2) is 19.7 Å². The van der Waals surface area contributed by atoms with Gasteiger partial charge in [0.25, 0.3) is 5.89 Å². The van der Waals surface area contributed by atoms with E-state index in [2.05, 4.69) is 10.1 Å². The maximum Gasteiger partial charge on any atom is 0.258 e. The third-order valence-corrected chi connectivity index (χ3v) is 9.59. The number of carbonyl (C=O) groups is 1. The number of nitrogens with zero attached hydrogens (tertiary/aromatic N) is 3. The van der Waals surface area contributed by atoms with Crippen molar-refractivity contribution in [2.24, 2.45) is 5.73 Å². The Morgan fingerprint density at radius 2 is 1.82 bits per heavy atom. The van der Waals surface area contributed by atoms with Crippen LogP contribution in [0.15, 0.2) is 68.9 Å². The number of fused-ring (bicyclic) bond motifs is 1. The van der Waals surface area contributed by atoms with E-state index in [9.17, 15) is 21.6 Å².